The number of fused-ring (bicyclic) bond motifs is 1. The molecule has 42 heavy (non-hydrogen) atoms. The third kappa shape index (κ3) is 5.05. The first-order chi connectivity index (χ1) is 20.3. The van der Waals surface area contributed by atoms with Gasteiger partial charge in [-0.25, -0.2) is 18.4 Å². The zero-order valence-corrected chi connectivity index (χ0v) is 24.1. The Morgan fingerprint density at radius 1 is 1.19 bits per heavy atom. The van der Waals surface area contributed by atoms with Gasteiger partial charge >= 0.3 is 5.69 Å². The second kappa shape index (κ2) is 11.5. The van der Waals surface area contributed by atoms with Crippen LogP contribution in [0.1, 0.15) is 55.4 Å². The van der Waals surface area contributed by atoms with Crippen LogP contribution in [0, 0.1) is 12.7 Å². The number of hydrogen-bond acceptors (Lipinski definition) is 8. The average molecular weight is 598 g/mol. The van der Waals surface area contributed by atoms with Crippen molar-refractivity contribution in [3.63, 3.8) is 0 Å². The molecule has 2 N–H and O–H groups in total. The molecule has 0 unspecified atom stereocenters. The number of nitrogens with one attached hydrogen (secondary N) is 1. The van der Waals surface area contributed by atoms with Crippen LogP contribution < -0.4 is 21.3 Å². The van der Waals surface area contributed by atoms with Gasteiger partial charge in [-0.3, -0.25) is 14.2 Å². The van der Waals surface area contributed by atoms with Crippen molar-refractivity contribution in [2.45, 2.75) is 69.9 Å². The highest BCUT2D eigenvalue weighted by Gasteiger charge is 2.33. The van der Waals surface area contributed by atoms with Crippen molar-refractivity contribution in [2.24, 2.45) is 0 Å². The maximum Gasteiger partial charge on any atom is 0.332 e. The topological polar surface area (TPSA) is 130 Å². The second-order valence-corrected chi connectivity index (χ2v) is 11.7. The molecule has 4 heterocycles. The lowest BCUT2D eigenvalue weighted by atomic mass is 9.94. The van der Waals surface area contributed by atoms with Crippen LogP contribution in [0.25, 0.3) is 15.2 Å². The van der Waals surface area contributed by atoms with E-state index in [9.17, 15) is 23.9 Å². The van der Waals surface area contributed by atoms with E-state index < -0.39 is 35.3 Å². The highest BCUT2D eigenvalue weighted by Crippen LogP contribution is 2.36. The molecule has 1 aliphatic carbocycles. The van der Waals surface area contributed by atoms with Crippen LogP contribution in [0.5, 0.6) is 5.75 Å². The van der Waals surface area contributed by atoms with Gasteiger partial charge in [0.25, 0.3) is 5.56 Å². The van der Waals surface area contributed by atoms with E-state index in [2.05, 4.69) is 10.4 Å². The van der Waals surface area contributed by atoms with E-state index in [0.717, 1.165) is 4.57 Å². The summed E-state index contributed by atoms with van der Waals surface area (Å²) in [5.74, 6) is -0.484. The molecule has 0 spiro atoms. The fourth-order valence-electron chi connectivity index (χ4n) is 5.97. The van der Waals surface area contributed by atoms with Gasteiger partial charge in [0.05, 0.1) is 31.2 Å². The van der Waals surface area contributed by atoms with Crippen molar-refractivity contribution >= 4 is 27.5 Å². The summed E-state index contributed by atoms with van der Waals surface area (Å²) in [4.78, 5) is 41.2. The number of aromatic nitrogens is 4. The number of methoxy groups -OCH3 is 1. The van der Waals surface area contributed by atoms with E-state index in [4.69, 9.17) is 9.47 Å². The monoisotopic (exact) mass is 597 g/mol. The molecule has 2 atom stereocenters. The van der Waals surface area contributed by atoms with Crippen LogP contribution in [0.3, 0.4) is 0 Å². The van der Waals surface area contributed by atoms with Crippen molar-refractivity contribution in [2.75, 3.05) is 13.7 Å². The van der Waals surface area contributed by atoms with Crippen LogP contribution in [-0.4, -0.2) is 55.8 Å². The molecule has 6 rings (SSSR count). The van der Waals surface area contributed by atoms with Crippen molar-refractivity contribution in [3.05, 3.63) is 74.4 Å². The lowest BCUT2D eigenvalue weighted by Gasteiger charge is -2.31. The molecule has 2 aliphatic rings. The summed E-state index contributed by atoms with van der Waals surface area (Å²) in [6.07, 6.45) is 4.54. The van der Waals surface area contributed by atoms with Gasteiger partial charge in [0.1, 0.15) is 33.5 Å². The van der Waals surface area contributed by atoms with E-state index in [1.165, 1.54) is 41.2 Å². The number of halogens is 1. The maximum absolute atomic E-state index is 14.6. The standard InChI is InChI=1S/C29H32FN5O6S/c1-16-24-26(38)35(21-10-12-31-25(21)37)29(39)33(28(24)42-27(16)34-13-3-11-32-34)15-23(41-19-7-5-18(36)6-8-19)20-14-17(30)4-9-22(20)40-2/h3-4,9,11,13-14,18-19,21,23,36H,5-8,10,12,15H2,1-2H3,(H,31,37)/t18?,19?,21-,23-/m0/s1. The summed E-state index contributed by atoms with van der Waals surface area (Å²) in [5, 5.41) is 18.1. The zero-order valence-electron chi connectivity index (χ0n) is 23.3. The van der Waals surface area contributed by atoms with Gasteiger partial charge in [0, 0.05) is 30.1 Å². The number of ether oxygens (including phenoxy) is 2. The van der Waals surface area contributed by atoms with E-state index in [1.54, 1.807) is 30.1 Å². The number of rotatable bonds is 8. The average Bonchev–Trinajstić information content (AvgIpc) is 3.73. The number of amides is 1. The first kappa shape index (κ1) is 28.3. The minimum atomic E-state index is -0.948. The minimum Gasteiger partial charge on any atom is -0.496 e. The summed E-state index contributed by atoms with van der Waals surface area (Å²) in [7, 11) is 1.48. The Hall–Kier alpha value is -3.81. The number of thiophene rings is 1. The third-order valence-electron chi connectivity index (χ3n) is 8.15. The highest BCUT2D eigenvalue weighted by atomic mass is 32.1. The molecule has 1 saturated carbocycles. The number of benzene rings is 1. The summed E-state index contributed by atoms with van der Waals surface area (Å²) < 4.78 is 30.9. The van der Waals surface area contributed by atoms with Gasteiger partial charge in [0.15, 0.2) is 0 Å². The highest BCUT2D eigenvalue weighted by molar-refractivity contribution is 7.21. The van der Waals surface area contributed by atoms with Gasteiger partial charge in [0.2, 0.25) is 5.91 Å². The number of aryl methyl sites for hydroxylation is 1. The predicted molar refractivity (Wildman–Crippen MR) is 154 cm³/mol. The van der Waals surface area contributed by atoms with E-state index in [-0.39, 0.29) is 18.6 Å². The van der Waals surface area contributed by atoms with Gasteiger partial charge in [-0.05, 0) is 63.3 Å². The molecule has 1 saturated heterocycles. The molecule has 1 aromatic carbocycles. The summed E-state index contributed by atoms with van der Waals surface area (Å²) >= 11 is 1.24. The zero-order chi connectivity index (χ0) is 29.5. The van der Waals surface area contributed by atoms with Gasteiger partial charge in [-0.2, -0.15) is 5.10 Å². The first-order valence-corrected chi connectivity index (χ1v) is 14.8. The Bertz CT molecular complexity index is 1740. The van der Waals surface area contributed by atoms with E-state index in [1.807, 2.05) is 0 Å². The van der Waals surface area contributed by atoms with Gasteiger partial charge in [-0.15, -0.1) is 0 Å². The molecule has 222 valence electrons. The Kier molecular flexibility index (Phi) is 7.73. The fourth-order valence-corrected chi connectivity index (χ4v) is 7.22. The van der Waals surface area contributed by atoms with Crippen LogP contribution in [0.2, 0.25) is 0 Å². The molecular weight excluding hydrogens is 565 g/mol. The summed E-state index contributed by atoms with van der Waals surface area (Å²) in [6, 6.07) is 4.95. The number of nitrogens with zero attached hydrogens (tertiary/aromatic N) is 4. The Morgan fingerprint density at radius 3 is 2.64 bits per heavy atom. The van der Waals surface area contributed by atoms with Crippen LogP contribution in [0.4, 0.5) is 4.39 Å². The number of aliphatic hydroxyl groups is 1. The number of carbonyl (C=O) groups is 1. The Balaban J connectivity index is 1.55. The van der Waals surface area contributed by atoms with Gasteiger partial charge in [-0.1, -0.05) is 11.3 Å². The van der Waals surface area contributed by atoms with Crippen LogP contribution >= 0.6 is 11.3 Å². The Labute approximate surface area is 244 Å². The van der Waals surface area contributed by atoms with Crippen molar-refractivity contribution < 1.29 is 23.8 Å². The molecule has 0 bridgehead atoms. The van der Waals surface area contributed by atoms with Crippen molar-refractivity contribution in [1.82, 2.24) is 24.2 Å². The molecular formula is C29H32FN5O6S. The third-order valence-corrected chi connectivity index (χ3v) is 9.45. The normalized spacial score (nSPS) is 21.5. The van der Waals surface area contributed by atoms with Crippen molar-refractivity contribution in [3.8, 4) is 10.8 Å². The predicted octanol–water partition coefficient (Wildman–Crippen LogP) is 2.99. The quantitative estimate of drug-likeness (QED) is 0.320. The lowest BCUT2D eigenvalue weighted by molar-refractivity contribution is -0.122. The van der Waals surface area contributed by atoms with Crippen LogP contribution in [0.15, 0.2) is 46.2 Å². The van der Waals surface area contributed by atoms with E-state index >= 15 is 0 Å². The number of carbonyl (C=O) groups excluding carboxylic acids is 1. The largest absolute Gasteiger partial charge is 0.496 e. The maximum atomic E-state index is 14.6. The molecule has 2 fully saturated rings. The summed E-state index contributed by atoms with van der Waals surface area (Å²) in [6.45, 7) is 2.08. The minimum absolute atomic E-state index is 0.0681. The summed E-state index contributed by atoms with van der Waals surface area (Å²) in [5.41, 5.74) is -0.138. The molecule has 13 heteroatoms. The Morgan fingerprint density at radius 2 is 1.98 bits per heavy atom. The first-order valence-electron chi connectivity index (χ1n) is 14.0. The van der Waals surface area contributed by atoms with Crippen LogP contribution in [-0.2, 0) is 16.1 Å². The molecule has 1 aliphatic heterocycles. The smallest absolute Gasteiger partial charge is 0.332 e. The van der Waals surface area contributed by atoms with E-state index in [0.29, 0.717) is 70.7 Å². The lowest BCUT2D eigenvalue weighted by Crippen LogP contribution is -2.44. The fraction of sp³-hybridized carbons (Fsp3) is 0.448. The SMILES string of the molecule is COc1ccc(F)cc1[C@H](Cn1c(=O)n([C@H]2CCNC2=O)c(=O)c2c(C)c(-n3cccn3)sc21)OC1CCC(O)CC1. The second-order valence-electron chi connectivity index (χ2n) is 10.8. The molecule has 1 amide bonds. The molecule has 4 aromatic rings. The number of hydrogen-bond donors (Lipinski definition) is 2. The number of aliphatic hydroxyl groups excluding tert-OH is 1. The molecule has 11 nitrogen and oxygen atoms in total. The van der Waals surface area contributed by atoms with Crippen molar-refractivity contribution in [1.29, 1.82) is 0 Å². The molecule has 3 aromatic heterocycles. The van der Waals surface area contributed by atoms with Gasteiger partial charge < -0.3 is 19.9 Å². The molecule has 0 radical (unpaired) electrons.